The standard InChI is InChI=1S/C15H22N2O2.ClH/c1-11(12-3-5-14(19-2)6-4-12)7-8-17-15(18)13-9-16-10-13;/h3-6,11,13,16H,7-10H2,1-2H3,(H,17,18);1H. The van der Waals surface area contributed by atoms with Crippen LogP contribution < -0.4 is 15.4 Å². The van der Waals surface area contributed by atoms with Crippen LogP contribution in [0.5, 0.6) is 5.75 Å². The van der Waals surface area contributed by atoms with Crippen molar-refractivity contribution in [1.82, 2.24) is 10.6 Å². The van der Waals surface area contributed by atoms with Crippen LogP contribution in [0.2, 0.25) is 0 Å². The number of rotatable bonds is 6. The van der Waals surface area contributed by atoms with Crippen LogP contribution in [-0.4, -0.2) is 32.7 Å². The number of methoxy groups -OCH3 is 1. The molecule has 1 aromatic carbocycles. The number of nitrogens with one attached hydrogen (secondary N) is 2. The van der Waals surface area contributed by atoms with Gasteiger partial charge in [0.05, 0.1) is 13.0 Å². The van der Waals surface area contributed by atoms with E-state index >= 15 is 0 Å². The molecule has 1 unspecified atom stereocenters. The molecule has 20 heavy (non-hydrogen) atoms. The summed E-state index contributed by atoms with van der Waals surface area (Å²) in [4.78, 5) is 11.7. The molecule has 112 valence electrons. The van der Waals surface area contributed by atoms with E-state index in [0.29, 0.717) is 5.92 Å². The Hall–Kier alpha value is -1.26. The van der Waals surface area contributed by atoms with Crippen molar-refractivity contribution in [3.8, 4) is 5.75 Å². The fourth-order valence-corrected chi connectivity index (χ4v) is 2.13. The highest BCUT2D eigenvalue weighted by molar-refractivity contribution is 5.85. The highest BCUT2D eigenvalue weighted by Gasteiger charge is 2.24. The first kappa shape index (κ1) is 16.8. The lowest BCUT2D eigenvalue weighted by Gasteiger charge is -2.26. The third kappa shape index (κ3) is 4.39. The van der Waals surface area contributed by atoms with Crippen molar-refractivity contribution in [2.45, 2.75) is 19.3 Å². The van der Waals surface area contributed by atoms with Gasteiger partial charge >= 0.3 is 0 Å². The van der Waals surface area contributed by atoms with E-state index in [1.807, 2.05) is 12.1 Å². The fourth-order valence-electron chi connectivity index (χ4n) is 2.13. The van der Waals surface area contributed by atoms with Crippen LogP contribution in [0.4, 0.5) is 0 Å². The zero-order valence-corrected chi connectivity index (χ0v) is 12.8. The smallest absolute Gasteiger partial charge is 0.225 e. The van der Waals surface area contributed by atoms with E-state index in [4.69, 9.17) is 4.74 Å². The maximum absolute atomic E-state index is 11.7. The summed E-state index contributed by atoms with van der Waals surface area (Å²) in [6, 6.07) is 8.12. The van der Waals surface area contributed by atoms with Crippen LogP contribution >= 0.6 is 12.4 Å². The lowest BCUT2D eigenvalue weighted by molar-refractivity contribution is -0.126. The number of carbonyl (C=O) groups excluding carboxylic acids is 1. The molecule has 4 nitrogen and oxygen atoms in total. The van der Waals surface area contributed by atoms with Gasteiger partial charge in [-0.2, -0.15) is 0 Å². The average Bonchev–Trinajstić information content (AvgIpc) is 2.36. The largest absolute Gasteiger partial charge is 0.497 e. The topological polar surface area (TPSA) is 50.4 Å². The summed E-state index contributed by atoms with van der Waals surface area (Å²) in [5.74, 6) is 1.67. The van der Waals surface area contributed by atoms with Crippen molar-refractivity contribution in [3.63, 3.8) is 0 Å². The van der Waals surface area contributed by atoms with Crippen LogP contribution in [0.3, 0.4) is 0 Å². The minimum atomic E-state index is 0. The molecule has 0 aliphatic carbocycles. The number of amides is 1. The Bertz CT molecular complexity index is 418. The number of hydrogen-bond donors (Lipinski definition) is 2. The first-order valence-corrected chi connectivity index (χ1v) is 6.83. The van der Waals surface area contributed by atoms with E-state index in [0.717, 1.165) is 31.8 Å². The summed E-state index contributed by atoms with van der Waals surface area (Å²) in [6.45, 7) is 4.56. The van der Waals surface area contributed by atoms with Gasteiger partial charge in [-0.1, -0.05) is 19.1 Å². The van der Waals surface area contributed by atoms with Crippen molar-refractivity contribution in [1.29, 1.82) is 0 Å². The number of benzene rings is 1. The molecule has 0 radical (unpaired) electrons. The molecule has 2 rings (SSSR count). The second kappa shape index (κ2) is 8.12. The maximum Gasteiger partial charge on any atom is 0.225 e. The van der Waals surface area contributed by atoms with E-state index in [-0.39, 0.29) is 24.2 Å². The molecule has 1 aliphatic heterocycles. The number of carbonyl (C=O) groups is 1. The molecule has 0 spiro atoms. The van der Waals surface area contributed by atoms with Crippen LogP contribution in [0.1, 0.15) is 24.8 Å². The molecule has 0 saturated carbocycles. The van der Waals surface area contributed by atoms with E-state index in [2.05, 4.69) is 29.7 Å². The zero-order valence-electron chi connectivity index (χ0n) is 12.0. The van der Waals surface area contributed by atoms with Crippen molar-refractivity contribution in [2.75, 3.05) is 26.7 Å². The first-order valence-electron chi connectivity index (χ1n) is 6.83. The summed E-state index contributed by atoms with van der Waals surface area (Å²) in [5.41, 5.74) is 1.28. The minimum Gasteiger partial charge on any atom is -0.497 e. The van der Waals surface area contributed by atoms with Crippen LogP contribution in [-0.2, 0) is 4.79 Å². The van der Waals surface area contributed by atoms with Crippen LogP contribution in [0, 0.1) is 5.92 Å². The number of halogens is 1. The van der Waals surface area contributed by atoms with E-state index in [1.165, 1.54) is 5.56 Å². The Labute approximate surface area is 126 Å². The second-order valence-electron chi connectivity index (χ2n) is 5.11. The summed E-state index contributed by atoms with van der Waals surface area (Å²) >= 11 is 0. The van der Waals surface area contributed by atoms with Gasteiger partial charge < -0.3 is 15.4 Å². The van der Waals surface area contributed by atoms with Gasteiger partial charge in [-0.3, -0.25) is 4.79 Å². The molecular weight excluding hydrogens is 276 g/mol. The van der Waals surface area contributed by atoms with Gasteiger partial charge in [0.2, 0.25) is 5.91 Å². The van der Waals surface area contributed by atoms with Crippen molar-refractivity contribution in [3.05, 3.63) is 29.8 Å². The predicted molar refractivity (Wildman–Crippen MR) is 82.6 cm³/mol. The zero-order chi connectivity index (χ0) is 13.7. The molecule has 0 bridgehead atoms. The third-order valence-electron chi connectivity index (χ3n) is 3.71. The van der Waals surface area contributed by atoms with Crippen LogP contribution in [0.25, 0.3) is 0 Å². The SMILES string of the molecule is COc1ccc(C(C)CCNC(=O)C2CNC2)cc1.Cl. The van der Waals surface area contributed by atoms with E-state index in [1.54, 1.807) is 7.11 Å². The predicted octanol–water partition coefficient (Wildman–Crippen LogP) is 1.95. The lowest BCUT2D eigenvalue weighted by atomic mass is 9.97. The molecule has 1 atom stereocenters. The van der Waals surface area contributed by atoms with Gasteiger partial charge in [-0.05, 0) is 30.0 Å². The van der Waals surface area contributed by atoms with E-state index in [9.17, 15) is 4.79 Å². The Morgan fingerprint density at radius 2 is 2.05 bits per heavy atom. The molecule has 1 amide bonds. The normalized spacial score (nSPS) is 15.7. The molecule has 5 heteroatoms. The van der Waals surface area contributed by atoms with Gasteiger partial charge in [-0.25, -0.2) is 0 Å². The monoisotopic (exact) mass is 298 g/mol. The molecule has 0 aromatic heterocycles. The van der Waals surface area contributed by atoms with Crippen molar-refractivity contribution < 1.29 is 9.53 Å². The van der Waals surface area contributed by atoms with Crippen LogP contribution in [0.15, 0.2) is 24.3 Å². The Balaban J connectivity index is 0.00000200. The second-order valence-corrected chi connectivity index (χ2v) is 5.11. The molecule has 1 saturated heterocycles. The fraction of sp³-hybridized carbons (Fsp3) is 0.533. The molecule has 1 aliphatic rings. The number of hydrogen-bond acceptors (Lipinski definition) is 3. The highest BCUT2D eigenvalue weighted by Crippen LogP contribution is 2.21. The Kier molecular flexibility index (Phi) is 6.82. The summed E-state index contributed by atoms with van der Waals surface area (Å²) in [6.07, 6.45) is 0.957. The first-order chi connectivity index (χ1) is 9.20. The molecule has 1 aromatic rings. The van der Waals surface area contributed by atoms with Crippen molar-refractivity contribution in [2.24, 2.45) is 5.92 Å². The quantitative estimate of drug-likeness (QED) is 0.844. The Morgan fingerprint density at radius 3 is 2.55 bits per heavy atom. The van der Waals surface area contributed by atoms with Crippen molar-refractivity contribution >= 4 is 18.3 Å². The molecule has 1 heterocycles. The minimum absolute atomic E-state index is 0. The summed E-state index contributed by atoms with van der Waals surface area (Å²) < 4.78 is 5.14. The highest BCUT2D eigenvalue weighted by atomic mass is 35.5. The molecule has 1 fully saturated rings. The summed E-state index contributed by atoms with van der Waals surface area (Å²) in [7, 11) is 1.67. The third-order valence-corrected chi connectivity index (χ3v) is 3.71. The average molecular weight is 299 g/mol. The van der Waals surface area contributed by atoms with E-state index < -0.39 is 0 Å². The van der Waals surface area contributed by atoms with Gasteiger partial charge in [-0.15, -0.1) is 12.4 Å². The van der Waals surface area contributed by atoms with Gasteiger partial charge in [0.25, 0.3) is 0 Å². The van der Waals surface area contributed by atoms with Gasteiger partial charge in [0, 0.05) is 19.6 Å². The Morgan fingerprint density at radius 1 is 1.40 bits per heavy atom. The molecular formula is C15H23ClN2O2. The lowest BCUT2D eigenvalue weighted by Crippen LogP contribution is -2.50. The number of ether oxygens (including phenoxy) is 1. The van der Waals surface area contributed by atoms with Gasteiger partial charge in [0.15, 0.2) is 0 Å². The molecule has 2 N–H and O–H groups in total. The van der Waals surface area contributed by atoms with Gasteiger partial charge in [0.1, 0.15) is 5.75 Å². The maximum atomic E-state index is 11.7. The summed E-state index contributed by atoms with van der Waals surface area (Å²) in [5, 5.41) is 6.11.